The molecule has 12 heteroatoms. The predicted molar refractivity (Wildman–Crippen MR) is 168 cm³/mol. The zero-order valence-electron chi connectivity index (χ0n) is 24.1. The van der Waals surface area contributed by atoms with Crippen LogP contribution in [-0.4, -0.2) is 73.6 Å². The Morgan fingerprint density at radius 3 is 2.51 bits per heavy atom. The highest BCUT2D eigenvalue weighted by molar-refractivity contribution is 7.91. The van der Waals surface area contributed by atoms with Crippen LogP contribution >= 0.6 is 11.3 Å². The number of nitrogens with zero attached hydrogens (tertiary/aromatic N) is 2. The molecule has 0 saturated heterocycles. The minimum atomic E-state index is -3.77. The van der Waals surface area contributed by atoms with Gasteiger partial charge in [0, 0.05) is 24.9 Å². The van der Waals surface area contributed by atoms with Gasteiger partial charge in [0.2, 0.25) is 0 Å². The number of nitrogens with one attached hydrogen (secondary N) is 2. The topological polar surface area (TPSA) is 128 Å². The van der Waals surface area contributed by atoms with Crippen molar-refractivity contribution in [3.8, 4) is 5.75 Å². The Labute approximate surface area is 254 Å². The molecule has 2 heterocycles. The zero-order chi connectivity index (χ0) is 30.7. The monoisotopic (exact) mass is 622 g/mol. The number of hydrogen-bond acceptors (Lipinski definition) is 7. The number of urea groups is 1. The second kappa shape index (κ2) is 12.7. The van der Waals surface area contributed by atoms with Crippen LogP contribution in [0.15, 0.2) is 82.4 Å². The molecule has 43 heavy (non-hydrogen) atoms. The van der Waals surface area contributed by atoms with E-state index in [2.05, 4.69) is 10.6 Å². The van der Waals surface area contributed by atoms with Crippen molar-refractivity contribution in [2.45, 2.75) is 30.2 Å². The first kappa shape index (κ1) is 30.5. The Kier molecular flexibility index (Phi) is 9.02. The van der Waals surface area contributed by atoms with Gasteiger partial charge in [0.1, 0.15) is 10.3 Å². The van der Waals surface area contributed by atoms with Crippen molar-refractivity contribution in [2.75, 3.05) is 37.4 Å². The number of fused-ring (bicyclic) bond motifs is 2. The molecular formula is C31H34N4O6S2. The number of para-hydroxylation sites is 1. The predicted octanol–water partition coefficient (Wildman–Crippen LogP) is 5.09. The number of aliphatic hydroxyl groups is 1. The molecule has 0 spiro atoms. The fraction of sp³-hybridized carbons (Fsp3) is 0.290. The van der Waals surface area contributed by atoms with E-state index in [-0.39, 0.29) is 52.7 Å². The Morgan fingerprint density at radius 1 is 1.07 bits per heavy atom. The van der Waals surface area contributed by atoms with Crippen LogP contribution < -0.4 is 15.4 Å². The number of anilines is 2. The highest BCUT2D eigenvalue weighted by Gasteiger charge is 2.36. The molecule has 226 valence electrons. The molecule has 4 aromatic rings. The third-order valence-electron chi connectivity index (χ3n) is 7.57. The smallest absolute Gasteiger partial charge is 0.323 e. The summed E-state index contributed by atoms with van der Waals surface area (Å²) in [5.41, 5.74) is 1.06. The minimum Gasteiger partial charge on any atom is -0.486 e. The van der Waals surface area contributed by atoms with Gasteiger partial charge in [0.05, 0.1) is 36.1 Å². The molecule has 0 saturated carbocycles. The van der Waals surface area contributed by atoms with Gasteiger partial charge in [-0.3, -0.25) is 4.79 Å². The zero-order valence-corrected chi connectivity index (χ0v) is 25.7. The molecule has 3 atom stereocenters. The van der Waals surface area contributed by atoms with Crippen molar-refractivity contribution in [1.82, 2.24) is 9.21 Å². The van der Waals surface area contributed by atoms with E-state index in [0.717, 1.165) is 22.1 Å². The highest BCUT2D eigenvalue weighted by Crippen LogP contribution is 2.36. The van der Waals surface area contributed by atoms with Crippen molar-refractivity contribution < 1.29 is 27.9 Å². The van der Waals surface area contributed by atoms with Crippen LogP contribution in [0.5, 0.6) is 5.75 Å². The molecule has 3 amide bonds. The van der Waals surface area contributed by atoms with E-state index in [1.54, 1.807) is 53.6 Å². The lowest BCUT2D eigenvalue weighted by molar-refractivity contribution is 0.0389. The minimum absolute atomic E-state index is 0.00703. The molecule has 0 bridgehead atoms. The van der Waals surface area contributed by atoms with Gasteiger partial charge in [-0.15, -0.1) is 11.3 Å². The van der Waals surface area contributed by atoms with Gasteiger partial charge in [0.15, 0.2) is 5.75 Å². The Bertz CT molecular complexity index is 1720. The molecule has 3 aromatic carbocycles. The van der Waals surface area contributed by atoms with Gasteiger partial charge >= 0.3 is 6.03 Å². The number of benzene rings is 3. The van der Waals surface area contributed by atoms with E-state index in [1.807, 2.05) is 43.3 Å². The van der Waals surface area contributed by atoms with Crippen molar-refractivity contribution in [3.05, 3.63) is 83.7 Å². The summed E-state index contributed by atoms with van der Waals surface area (Å²) < 4.78 is 34.4. The second-order valence-electron chi connectivity index (χ2n) is 10.6. The van der Waals surface area contributed by atoms with E-state index in [4.69, 9.17) is 4.74 Å². The Balaban J connectivity index is 1.48. The second-order valence-corrected chi connectivity index (χ2v) is 13.8. The average molecular weight is 623 g/mol. The standard InChI is InChI=1S/C31H34N4O6S2/c1-20-17-35(21(2)19-36)30(37)24-12-7-14-26(33-31(38)32-25-13-6-10-22-9-4-5-11-23(22)25)29(24)41-27(20)18-34(3)43(39,40)28-15-8-16-42-28/h4-16,20-21,27,36H,17-19H2,1-3H3,(H2,32,33,38)/t20-,21+,27+/m0/s1. The number of aliphatic hydroxyl groups excluding tert-OH is 1. The lowest BCUT2D eigenvalue weighted by Crippen LogP contribution is -2.50. The average Bonchev–Trinajstić information content (AvgIpc) is 3.55. The Morgan fingerprint density at radius 2 is 1.77 bits per heavy atom. The van der Waals surface area contributed by atoms with Crippen molar-refractivity contribution in [1.29, 1.82) is 0 Å². The summed E-state index contributed by atoms with van der Waals surface area (Å²) >= 11 is 1.13. The number of ether oxygens (including phenoxy) is 1. The van der Waals surface area contributed by atoms with Crippen molar-refractivity contribution in [3.63, 3.8) is 0 Å². The maximum atomic E-state index is 13.8. The summed E-state index contributed by atoms with van der Waals surface area (Å²) in [7, 11) is -2.28. The number of amides is 3. The van der Waals surface area contributed by atoms with E-state index < -0.39 is 28.2 Å². The highest BCUT2D eigenvalue weighted by atomic mass is 32.2. The van der Waals surface area contributed by atoms with Crippen LogP contribution in [0.4, 0.5) is 16.2 Å². The van der Waals surface area contributed by atoms with Crippen LogP contribution in [0.3, 0.4) is 0 Å². The van der Waals surface area contributed by atoms with Gasteiger partial charge in [-0.2, -0.15) is 4.31 Å². The summed E-state index contributed by atoms with van der Waals surface area (Å²) in [5.74, 6) is -0.557. The molecule has 1 aliphatic rings. The molecule has 0 fully saturated rings. The number of carbonyl (C=O) groups excluding carboxylic acids is 2. The number of hydrogen-bond donors (Lipinski definition) is 3. The number of thiophene rings is 1. The molecule has 3 N–H and O–H groups in total. The molecule has 1 aromatic heterocycles. The largest absolute Gasteiger partial charge is 0.486 e. The molecule has 5 rings (SSSR count). The summed E-state index contributed by atoms with van der Waals surface area (Å²) in [6.07, 6.45) is -0.691. The van der Waals surface area contributed by atoms with Gasteiger partial charge in [-0.1, -0.05) is 55.5 Å². The van der Waals surface area contributed by atoms with Gasteiger partial charge in [-0.05, 0) is 42.0 Å². The number of likely N-dealkylation sites (N-methyl/N-ethyl adjacent to an activating group) is 1. The molecule has 0 radical (unpaired) electrons. The van der Waals surface area contributed by atoms with Crippen molar-refractivity contribution >= 4 is 55.4 Å². The summed E-state index contributed by atoms with van der Waals surface area (Å²) in [5, 5.41) is 19.2. The van der Waals surface area contributed by atoms with E-state index in [1.165, 1.54) is 11.4 Å². The first-order chi connectivity index (χ1) is 20.6. The molecule has 0 unspecified atom stereocenters. The van der Waals surface area contributed by atoms with E-state index in [0.29, 0.717) is 5.69 Å². The molecule has 1 aliphatic heterocycles. The summed E-state index contributed by atoms with van der Waals surface area (Å²) in [6.45, 7) is 3.59. The maximum Gasteiger partial charge on any atom is 0.323 e. The van der Waals surface area contributed by atoms with Gasteiger partial charge in [0.25, 0.3) is 15.9 Å². The molecule has 10 nitrogen and oxygen atoms in total. The van der Waals surface area contributed by atoms with E-state index in [9.17, 15) is 23.1 Å². The number of sulfonamides is 1. The third-order valence-corrected chi connectivity index (χ3v) is 10.8. The van der Waals surface area contributed by atoms with Crippen LogP contribution in [0.2, 0.25) is 0 Å². The van der Waals surface area contributed by atoms with E-state index >= 15 is 0 Å². The van der Waals surface area contributed by atoms with Gasteiger partial charge < -0.3 is 25.4 Å². The SMILES string of the molecule is C[C@H](CO)N1C[C@H](C)[C@@H](CN(C)S(=O)(=O)c2cccs2)Oc2c(NC(=O)Nc3cccc4ccccc34)cccc2C1=O. The molecule has 0 aliphatic carbocycles. The quantitative estimate of drug-likeness (QED) is 0.251. The normalized spacial score (nSPS) is 18.0. The van der Waals surface area contributed by atoms with Gasteiger partial charge in [-0.25, -0.2) is 13.2 Å². The van der Waals surface area contributed by atoms with Crippen LogP contribution in [0, 0.1) is 5.92 Å². The fourth-order valence-electron chi connectivity index (χ4n) is 5.09. The third kappa shape index (κ3) is 6.37. The maximum absolute atomic E-state index is 13.8. The molecular weight excluding hydrogens is 588 g/mol. The van der Waals surface area contributed by atoms with Crippen molar-refractivity contribution in [2.24, 2.45) is 5.92 Å². The fourth-order valence-corrected chi connectivity index (χ4v) is 7.47. The Hall–Kier alpha value is -3.97. The lowest BCUT2D eigenvalue weighted by atomic mass is 9.99. The summed E-state index contributed by atoms with van der Waals surface area (Å²) in [6, 6.07) is 20.3. The van der Waals surface area contributed by atoms with Crippen LogP contribution in [0.1, 0.15) is 24.2 Å². The number of rotatable bonds is 8. The lowest BCUT2D eigenvalue weighted by Gasteiger charge is -2.38. The first-order valence-electron chi connectivity index (χ1n) is 13.9. The summed E-state index contributed by atoms with van der Waals surface area (Å²) in [4.78, 5) is 28.6. The van der Waals surface area contributed by atoms with Crippen LogP contribution in [0.25, 0.3) is 10.8 Å². The first-order valence-corrected chi connectivity index (χ1v) is 16.2. The number of carbonyl (C=O) groups is 2. The van der Waals surface area contributed by atoms with Crippen LogP contribution in [-0.2, 0) is 10.0 Å².